The van der Waals surface area contributed by atoms with Gasteiger partial charge in [-0.05, 0) is 43.5 Å². The van der Waals surface area contributed by atoms with Crippen LogP contribution in [0, 0.1) is 5.92 Å². The molecule has 0 saturated heterocycles. The van der Waals surface area contributed by atoms with Crippen LogP contribution in [-0.2, 0) is 0 Å². The Morgan fingerprint density at radius 3 is 2.79 bits per heavy atom. The first-order valence-electron chi connectivity index (χ1n) is 7.01. The maximum absolute atomic E-state index is 5.99. The zero-order chi connectivity index (χ0) is 13.8. The Morgan fingerprint density at radius 2 is 2.05 bits per heavy atom. The lowest BCUT2D eigenvalue weighted by molar-refractivity contribution is 0.484. The van der Waals surface area contributed by atoms with Gasteiger partial charge in [0, 0.05) is 23.3 Å². The molecule has 3 N–H and O–H groups in total. The smallest absolute Gasteiger partial charge is 0.0953 e. The second-order valence-corrected chi connectivity index (χ2v) is 5.40. The SMILES string of the molecule is CCC(C)CC(C)Nc1ccc(N)c2cccnc12. The largest absolute Gasteiger partial charge is 0.398 e. The predicted molar refractivity (Wildman–Crippen MR) is 83.3 cm³/mol. The third-order valence-electron chi connectivity index (χ3n) is 3.66. The number of hydrogen-bond donors (Lipinski definition) is 2. The van der Waals surface area contributed by atoms with Crippen LogP contribution < -0.4 is 11.1 Å². The van der Waals surface area contributed by atoms with Crippen LogP contribution in [0.3, 0.4) is 0 Å². The molecule has 0 aliphatic rings. The molecular formula is C16H23N3. The van der Waals surface area contributed by atoms with Crippen LogP contribution in [0.1, 0.15) is 33.6 Å². The molecule has 0 spiro atoms. The Bertz CT molecular complexity index is 551. The van der Waals surface area contributed by atoms with E-state index in [1.807, 2.05) is 30.5 Å². The van der Waals surface area contributed by atoms with E-state index in [9.17, 15) is 0 Å². The Hall–Kier alpha value is -1.77. The third kappa shape index (κ3) is 3.16. The van der Waals surface area contributed by atoms with Gasteiger partial charge in [-0.25, -0.2) is 0 Å². The number of nitrogens with zero attached hydrogens (tertiary/aromatic N) is 1. The van der Waals surface area contributed by atoms with Crippen LogP contribution >= 0.6 is 0 Å². The van der Waals surface area contributed by atoms with Crippen LogP contribution in [-0.4, -0.2) is 11.0 Å². The molecule has 2 unspecified atom stereocenters. The zero-order valence-electron chi connectivity index (χ0n) is 12.0. The Morgan fingerprint density at radius 1 is 1.26 bits per heavy atom. The fourth-order valence-corrected chi connectivity index (χ4v) is 2.41. The van der Waals surface area contributed by atoms with Gasteiger partial charge in [-0.1, -0.05) is 20.3 Å². The zero-order valence-corrected chi connectivity index (χ0v) is 12.0. The number of nitrogens with one attached hydrogen (secondary N) is 1. The molecule has 1 aromatic heterocycles. The van der Waals surface area contributed by atoms with E-state index in [0.717, 1.165) is 34.6 Å². The lowest BCUT2D eigenvalue weighted by Gasteiger charge is -2.19. The number of anilines is 2. The number of benzene rings is 1. The summed E-state index contributed by atoms with van der Waals surface area (Å²) >= 11 is 0. The Labute approximate surface area is 115 Å². The van der Waals surface area contributed by atoms with E-state index in [1.165, 1.54) is 6.42 Å². The molecule has 0 radical (unpaired) electrons. The summed E-state index contributed by atoms with van der Waals surface area (Å²) in [5.74, 6) is 0.732. The summed E-state index contributed by atoms with van der Waals surface area (Å²) in [6.07, 6.45) is 4.19. The molecule has 2 atom stereocenters. The minimum Gasteiger partial charge on any atom is -0.398 e. The summed E-state index contributed by atoms with van der Waals surface area (Å²) in [5, 5.41) is 4.58. The molecular weight excluding hydrogens is 234 g/mol. The number of aromatic nitrogens is 1. The predicted octanol–water partition coefficient (Wildman–Crippen LogP) is 4.05. The van der Waals surface area contributed by atoms with Crippen molar-refractivity contribution in [3.63, 3.8) is 0 Å². The summed E-state index contributed by atoms with van der Waals surface area (Å²) in [5.41, 5.74) is 8.80. The molecule has 19 heavy (non-hydrogen) atoms. The highest BCUT2D eigenvalue weighted by atomic mass is 14.9. The highest BCUT2D eigenvalue weighted by Gasteiger charge is 2.10. The number of nitrogens with two attached hydrogens (primary N) is 1. The van der Waals surface area contributed by atoms with Crippen molar-refractivity contribution in [2.45, 2.75) is 39.7 Å². The van der Waals surface area contributed by atoms with E-state index >= 15 is 0 Å². The molecule has 102 valence electrons. The number of fused-ring (bicyclic) bond motifs is 1. The van der Waals surface area contributed by atoms with E-state index < -0.39 is 0 Å². The second kappa shape index (κ2) is 5.91. The Kier molecular flexibility index (Phi) is 4.25. The highest BCUT2D eigenvalue weighted by molar-refractivity contribution is 5.98. The number of nitrogen functional groups attached to an aromatic ring is 1. The molecule has 3 nitrogen and oxygen atoms in total. The summed E-state index contributed by atoms with van der Waals surface area (Å²) in [4.78, 5) is 4.45. The number of hydrogen-bond acceptors (Lipinski definition) is 3. The summed E-state index contributed by atoms with van der Waals surface area (Å²) in [6.45, 7) is 6.74. The van der Waals surface area contributed by atoms with Crippen molar-refractivity contribution >= 4 is 22.3 Å². The minimum absolute atomic E-state index is 0.434. The molecule has 1 heterocycles. The standard InChI is InChI=1S/C16H23N3/c1-4-11(2)10-12(3)19-15-8-7-14(17)13-6-5-9-18-16(13)15/h5-9,11-12,19H,4,10,17H2,1-3H3. The van der Waals surface area contributed by atoms with E-state index in [2.05, 4.69) is 31.1 Å². The third-order valence-corrected chi connectivity index (χ3v) is 3.66. The van der Waals surface area contributed by atoms with Gasteiger partial charge in [0.2, 0.25) is 0 Å². The topological polar surface area (TPSA) is 50.9 Å². The molecule has 0 amide bonds. The van der Waals surface area contributed by atoms with Crippen LogP contribution in [0.25, 0.3) is 10.9 Å². The lowest BCUT2D eigenvalue weighted by atomic mass is 10.00. The van der Waals surface area contributed by atoms with Gasteiger partial charge < -0.3 is 11.1 Å². The van der Waals surface area contributed by atoms with E-state index in [1.54, 1.807) is 0 Å². The normalized spacial score (nSPS) is 14.3. The quantitative estimate of drug-likeness (QED) is 0.794. The van der Waals surface area contributed by atoms with Crippen molar-refractivity contribution in [3.8, 4) is 0 Å². The average Bonchev–Trinajstić information content (AvgIpc) is 2.42. The Balaban J connectivity index is 2.24. The van der Waals surface area contributed by atoms with Gasteiger partial charge in [-0.2, -0.15) is 0 Å². The first-order chi connectivity index (χ1) is 9.11. The minimum atomic E-state index is 0.434. The van der Waals surface area contributed by atoms with Gasteiger partial charge in [0.15, 0.2) is 0 Å². The van der Waals surface area contributed by atoms with Crippen molar-refractivity contribution in [1.82, 2.24) is 4.98 Å². The molecule has 0 saturated carbocycles. The van der Waals surface area contributed by atoms with Gasteiger partial charge in [0.1, 0.15) is 0 Å². The summed E-state index contributed by atoms with van der Waals surface area (Å²) in [7, 11) is 0. The summed E-state index contributed by atoms with van der Waals surface area (Å²) < 4.78 is 0. The molecule has 1 aromatic carbocycles. The van der Waals surface area contributed by atoms with Crippen molar-refractivity contribution in [2.75, 3.05) is 11.1 Å². The first kappa shape index (κ1) is 13.7. The van der Waals surface area contributed by atoms with Crippen molar-refractivity contribution in [2.24, 2.45) is 5.92 Å². The molecule has 2 aromatic rings. The van der Waals surface area contributed by atoms with Crippen LogP contribution in [0.2, 0.25) is 0 Å². The average molecular weight is 257 g/mol. The molecule has 0 bridgehead atoms. The van der Waals surface area contributed by atoms with Crippen LogP contribution in [0.15, 0.2) is 30.5 Å². The van der Waals surface area contributed by atoms with Gasteiger partial charge in [-0.15, -0.1) is 0 Å². The van der Waals surface area contributed by atoms with Gasteiger partial charge in [0.05, 0.1) is 11.2 Å². The van der Waals surface area contributed by atoms with Gasteiger partial charge >= 0.3 is 0 Å². The molecule has 3 heteroatoms. The molecule has 0 fully saturated rings. The molecule has 0 aliphatic carbocycles. The van der Waals surface area contributed by atoms with Crippen molar-refractivity contribution < 1.29 is 0 Å². The van der Waals surface area contributed by atoms with Crippen LogP contribution in [0.4, 0.5) is 11.4 Å². The van der Waals surface area contributed by atoms with E-state index in [4.69, 9.17) is 5.73 Å². The van der Waals surface area contributed by atoms with E-state index in [0.29, 0.717) is 6.04 Å². The van der Waals surface area contributed by atoms with Gasteiger partial charge in [0.25, 0.3) is 0 Å². The fraction of sp³-hybridized carbons (Fsp3) is 0.438. The van der Waals surface area contributed by atoms with Crippen molar-refractivity contribution in [1.29, 1.82) is 0 Å². The van der Waals surface area contributed by atoms with Crippen molar-refractivity contribution in [3.05, 3.63) is 30.5 Å². The highest BCUT2D eigenvalue weighted by Crippen LogP contribution is 2.27. The first-order valence-corrected chi connectivity index (χ1v) is 7.01. The monoisotopic (exact) mass is 257 g/mol. The van der Waals surface area contributed by atoms with Crippen LogP contribution in [0.5, 0.6) is 0 Å². The van der Waals surface area contributed by atoms with Gasteiger partial charge in [-0.3, -0.25) is 4.98 Å². The number of rotatable bonds is 5. The maximum atomic E-state index is 5.99. The summed E-state index contributed by atoms with van der Waals surface area (Å²) in [6, 6.07) is 8.34. The lowest BCUT2D eigenvalue weighted by Crippen LogP contribution is -2.18. The maximum Gasteiger partial charge on any atom is 0.0953 e. The molecule has 0 aliphatic heterocycles. The fourth-order valence-electron chi connectivity index (χ4n) is 2.41. The molecule has 2 rings (SSSR count). The van der Waals surface area contributed by atoms with E-state index in [-0.39, 0.29) is 0 Å². The number of pyridine rings is 1. The second-order valence-electron chi connectivity index (χ2n) is 5.40.